The van der Waals surface area contributed by atoms with Crippen molar-refractivity contribution in [3.63, 3.8) is 0 Å². The fourth-order valence-corrected chi connectivity index (χ4v) is 2.67. The van der Waals surface area contributed by atoms with Gasteiger partial charge in [-0.05, 0) is 19.3 Å². The van der Waals surface area contributed by atoms with Gasteiger partial charge < -0.3 is 10.1 Å². The van der Waals surface area contributed by atoms with Crippen LogP contribution in [0.4, 0.5) is 0 Å². The van der Waals surface area contributed by atoms with Crippen molar-refractivity contribution in [1.29, 1.82) is 0 Å². The minimum Gasteiger partial charge on any atom is -0.385 e. The van der Waals surface area contributed by atoms with Gasteiger partial charge in [0.25, 0.3) is 0 Å². The summed E-state index contributed by atoms with van der Waals surface area (Å²) in [5.74, 6) is 1.77. The highest BCUT2D eigenvalue weighted by Gasteiger charge is 2.21. The lowest BCUT2D eigenvalue weighted by Crippen LogP contribution is -2.30. The second-order valence-electron chi connectivity index (χ2n) is 4.38. The molecule has 3 nitrogen and oxygen atoms in total. The van der Waals surface area contributed by atoms with Gasteiger partial charge in [0.1, 0.15) is 0 Å². The van der Waals surface area contributed by atoms with Gasteiger partial charge >= 0.3 is 0 Å². The molecule has 88 valence electrons. The van der Waals surface area contributed by atoms with Crippen LogP contribution in [0.15, 0.2) is 4.99 Å². The zero-order valence-electron chi connectivity index (χ0n) is 10.1. The van der Waals surface area contributed by atoms with E-state index in [0.717, 1.165) is 23.9 Å². The first-order valence-electron chi connectivity index (χ1n) is 5.59. The summed E-state index contributed by atoms with van der Waals surface area (Å²) < 4.78 is 5.05. The third kappa shape index (κ3) is 4.43. The summed E-state index contributed by atoms with van der Waals surface area (Å²) in [4.78, 5) is 4.66. The Labute approximate surface area is 97.1 Å². The van der Waals surface area contributed by atoms with Crippen LogP contribution in [0.3, 0.4) is 0 Å². The lowest BCUT2D eigenvalue weighted by atomic mass is 10.1. The van der Waals surface area contributed by atoms with Crippen LogP contribution in [0.2, 0.25) is 0 Å². The quantitative estimate of drug-likeness (QED) is 0.785. The van der Waals surface area contributed by atoms with Gasteiger partial charge in [0, 0.05) is 25.5 Å². The lowest BCUT2D eigenvalue weighted by molar-refractivity contribution is 0.187. The number of rotatable bonds is 5. The molecule has 0 aromatic heterocycles. The molecule has 1 N–H and O–H groups in total. The first-order chi connectivity index (χ1) is 7.13. The average molecular weight is 230 g/mol. The highest BCUT2D eigenvalue weighted by molar-refractivity contribution is 8.14. The number of ether oxygens (including phenoxy) is 1. The molecule has 0 bridgehead atoms. The minimum absolute atomic E-state index is 0.446. The van der Waals surface area contributed by atoms with Crippen molar-refractivity contribution in [3.05, 3.63) is 0 Å². The maximum atomic E-state index is 5.05. The van der Waals surface area contributed by atoms with Crippen molar-refractivity contribution in [3.8, 4) is 0 Å². The number of nitrogens with one attached hydrogen (secondary N) is 1. The van der Waals surface area contributed by atoms with E-state index in [2.05, 4.69) is 31.1 Å². The molecule has 0 aromatic rings. The molecule has 1 unspecified atom stereocenters. The number of aliphatic imine (C=N–C) groups is 1. The molecule has 15 heavy (non-hydrogen) atoms. The average Bonchev–Trinajstić information content (AvgIpc) is 2.63. The number of nitrogens with zero attached hydrogens (tertiary/aromatic N) is 1. The number of thioether (sulfide) groups is 1. The second-order valence-corrected chi connectivity index (χ2v) is 5.39. The van der Waals surface area contributed by atoms with Gasteiger partial charge in [0.2, 0.25) is 0 Å². The molecule has 0 aliphatic carbocycles. The first kappa shape index (κ1) is 12.8. The van der Waals surface area contributed by atoms with Crippen LogP contribution in [0.5, 0.6) is 0 Å². The van der Waals surface area contributed by atoms with E-state index in [0.29, 0.717) is 18.0 Å². The van der Waals surface area contributed by atoms with Crippen molar-refractivity contribution in [2.45, 2.75) is 39.3 Å². The van der Waals surface area contributed by atoms with E-state index in [9.17, 15) is 0 Å². The van der Waals surface area contributed by atoms with Gasteiger partial charge in [-0.1, -0.05) is 25.6 Å². The summed E-state index contributed by atoms with van der Waals surface area (Å²) in [6.07, 6.45) is 1.03. The van der Waals surface area contributed by atoms with Crippen LogP contribution in [0.25, 0.3) is 0 Å². The number of amidine groups is 1. The largest absolute Gasteiger partial charge is 0.385 e. The molecule has 0 spiro atoms. The van der Waals surface area contributed by atoms with Crippen LogP contribution in [-0.4, -0.2) is 36.7 Å². The maximum Gasteiger partial charge on any atom is 0.157 e. The van der Waals surface area contributed by atoms with Crippen LogP contribution in [0.1, 0.15) is 27.2 Å². The van der Waals surface area contributed by atoms with E-state index in [4.69, 9.17) is 4.74 Å². The van der Waals surface area contributed by atoms with E-state index in [1.807, 2.05) is 11.8 Å². The molecule has 2 atom stereocenters. The zero-order valence-corrected chi connectivity index (χ0v) is 10.9. The van der Waals surface area contributed by atoms with Crippen molar-refractivity contribution >= 4 is 16.9 Å². The highest BCUT2D eigenvalue weighted by Crippen LogP contribution is 2.22. The Bertz CT molecular complexity index is 219. The van der Waals surface area contributed by atoms with Gasteiger partial charge in [-0.15, -0.1) is 0 Å². The summed E-state index contributed by atoms with van der Waals surface area (Å²) in [5.41, 5.74) is 0. The Morgan fingerprint density at radius 1 is 1.53 bits per heavy atom. The molecule has 1 rings (SSSR count). The fraction of sp³-hybridized carbons (Fsp3) is 0.909. The third-order valence-electron chi connectivity index (χ3n) is 2.57. The zero-order chi connectivity index (χ0) is 11.3. The summed E-state index contributed by atoms with van der Waals surface area (Å²) in [7, 11) is 1.74. The van der Waals surface area contributed by atoms with E-state index in [1.54, 1.807) is 7.11 Å². The number of hydrogen-bond acceptors (Lipinski definition) is 4. The molecule has 1 aliphatic heterocycles. The Morgan fingerprint density at radius 3 is 2.80 bits per heavy atom. The minimum atomic E-state index is 0.446. The maximum absolute atomic E-state index is 5.05. The molecule has 0 saturated carbocycles. The van der Waals surface area contributed by atoms with Gasteiger partial charge in [-0.25, -0.2) is 0 Å². The fourth-order valence-electron chi connectivity index (χ4n) is 1.39. The standard InChI is InChI=1S/C11H22N2OS/c1-8(2)10-7-15-11(13-10)12-9(3)5-6-14-4/h8-10H,5-7H2,1-4H3,(H,12,13)/t9?,10-/m1/s1. The van der Waals surface area contributed by atoms with Gasteiger partial charge in [-0.3, -0.25) is 4.99 Å². The summed E-state index contributed by atoms with van der Waals surface area (Å²) in [5, 5.41) is 4.54. The number of methoxy groups -OCH3 is 1. The molecular weight excluding hydrogens is 208 g/mol. The molecule has 0 aromatic carbocycles. The van der Waals surface area contributed by atoms with Crippen LogP contribution < -0.4 is 5.32 Å². The van der Waals surface area contributed by atoms with Gasteiger partial charge in [0.15, 0.2) is 5.17 Å². The van der Waals surface area contributed by atoms with Crippen molar-refractivity contribution in [1.82, 2.24) is 5.32 Å². The monoisotopic (exact) mass is 230 g/mol. The lowest BCUT2D eigenvalue weighted by Gasteiger charge is -2.13. The Balaban J connectivity index is 2.30. The molecule has 0 radical (unpaired) electrons. The summed E-state index contributed by atoms with van der Waals surface area (Å²) in [6, 6.07) is 0.939. The van der Waals surface area contributed by atoms with E-state index < -0.39 is 0 Å². The topological polar surface area (TPSA) is 33.6 Å². The van der Waals surface area contributed by atoms with E-state index in [1.165, 1.54) is 0 Å². The van der Waals surface area contributed by atoms with Gasteiger partial charge in [-0.2, -0.15) is 0 Å². The van der Waals surface area contributed by atoms with E-state index in [-0.39, 0.29) is 0 Å². The molecular formula is C11H22N2OS. The van der Waals surface area contributed by atoms with E-state index >= 15 is 0 Å². The molecule has 0 amide bonds. The van der Waals surface area contributed by atoms with Crippen LogP contribution in [-0.2, 0) is 4.74 Å². The Morgan fingerprint density at radius 2 is 2.27 bits per heavy atom. The van der Waals surface area contributed by atoms with Crippen molar-refractivity contribution < 1.29 is 4.74 Å². The Kier molecular flexibility index (Phi) is 5.47. The van der Waals surface area contributed by atoms with Crippen molar-refractivity contribution in [2.75, 3.05) is 19.5 Å². The van der Waals surface area contributed by atoms with Crippen LogP contribution >= 0.6 is 11.8 Å². The molecule has 1 aliphatic rings. The Hall–Kier alpha value is -0.220. The summed E-state index contributed by atoms with van der Waals surface area (Å²) >= 11 is 1.84. The SMILES string of the molecule is COCCC(C)NC1=N[C@@H](C(C)C)CS1. The predicted octanol–water partition coefficient (Wildman–Crippen LogP) is 2.13. The van der Waals surface area contributed by atoms with Crippen molar-refractivity contribution in [2.24, 2.45) is 10.9 Å². The normalized spacial score (nSPS) is 23.0. The van der Waals surface area contributed by atoms with Gasteiger partial charge in [0.05, 0.1) is 6.04 Å². The predicted molar refractivity (Wildman–Crippen MR) is 67.6 cm³/mol. The number of hydrogen-bond donors (Lipinski definition) is 1. The summed E-state index contributed by atoms with van der Waals surface area (Å²) in [6.45, 7) is 7.43. The molecule has 4 heteroatoms. The molecule has 0 saturated heterocycles. The third-order valence-corrected chi connectivity index (χ3v) is 3.57. The van der Waals surface area contributed by atoms with Crippen LogP contribution in [0, 0.1) is 5.92 Å². The highest BCUT2D eigenvalue weighted by atomic mass is 32.2. The molecule has 0 fully saturated rings. The second kappa shape index (κ2) is 6.38. The molecule has 1 heterocycles. The smallest absolute Gasteiger partial charge is 0.157 e. The first-order valence-corrected chi connectivity index (χ1v) is 6.58.